The molecule has 1 aromatic heterocycles. The third-order valence-corrected chi connectivity index (χ3v) is 4.58. The summed E-state index contributed by atoms with van der Waals surface area (Å²) in [4.78, 5) is 4.72. The van der Waals surface area contributed by atoms with Crippen LogP contribution in [0.2, 0.25) is 10.0 Å². The van der Waals surface area contributed by atoms with Gasteiger partial charge in [0.25, 0.3) is 0 Å². The number of aromatic nitrogens is 1. The fourth-order valence-electron chi connectivity index (χ4n) is 2.73. The minimum atomic E-state index is 0.595. The number of benzene rings is 2. The molecule has 0 aliphatic rings. The first-order valence-corrected chi connectivity index (χ1v) is 9.31. The second-order valence-corrected chi connectivity index (χ2v) is 6.89. The van der Waals surface area contributed by atoms with Crippen molar-refractivity contribution >= 4 is 23.2 Å². The van der Waals surface area contributed by atoms with Crippen molar-refractivity contribution < 1.29 is 4.42 Å². The van der Waals surface area contributed by atoms with Crippen LogP contribution in [0.25, 0.3) is 22.6 Å². The highest BCUT2D eigenvalue weighted by atomic mass is 35.5. The third kappa shape index (κ3) is 4.66. The molecule has 0 atom stereocenters. The topological polar surface area (TPSA) is 49.8 Å². The maximum absolute atomic E-state index is 8.61. The van der Waals surface area contributed by atoms with E-state index in [1.54, 1.807) is 0 Å². The van der Waals surface area contributed by atoms with Gasteiger partial charge in [0.2, 0.25) is 0 Å². The number of rotatable bonds is 7. The van der Waals surface area contributed by atoms with Crippen LogP contribution in [-0.4, -0.2) is 4.98 Å². The van der Waals surface area contributed by atoms with Gasteiger partial charge in [-0.15, -0.1) is 0 Å². The summed E-state index contributed by atoms with van der Waals surface area (Å²) in [7, 11) is 0. The largest absolute Gasteiger partial charge is 0.440 e. The monoisotopic (exact) mass is 384 g/mol. The van der Waals surface area contributed by atoms with Crippen molar-refractivity contribution in [2.45, 2.75) is 32.1 Å². The van der Waals surface area contributed by atoms with Gasteiger partial charge in [0.05, 0.1) is 6.07 Å². The molecule has 0 fully saturated rings. The molecular formula is C21H18Cl2N2O. The molecule has 0 amide bonds. The second kappa shape index (κ2) is 8.89. The molecule has 5 heteroatoms. The number of halogens is 2. The Kier molecular flexibility index (Phi) is 6.33. The van der Waals surface area contributed by atoms with Gasteiger partial charge in [0.15, 0.2) is 11.7 Å². The van der Waals surface area contributed by atoms with E-state index in [4.69, 9.17) is 37.9 Å². The fourth-order valence-corrected chi connectivity index (χ4v) is 2.98. The molecule has 3 nitrogen and oxygen atoms in total. The molecule has 0 saturated carbocycles. The zero-order valence-corrected chi connectivity index (χ0v) is 15.7. The Bertz CT molecular complexity index is 830. The van der Waals surface area contributed by atoms with Crippen LogP contribution in [-0.2, 0) is 6.42 Å². The van der Waals surface area contributed by atoms with Gasteiger partial charge < -0.3 is 4.42 Å². The average molecular weight is 385 g/mol. The van der Waals surface area contributed by atoms with Crippen LogP contribution in [0.3, 0.4) is 0 Å². The van der Waals surface area contributed by atoms with Crippen molar-refractivity contribution in [3.8, 4) is 28.7 Å². The van der Waals surface area contributed by atoms with Gasteiger partial charge >= 0.3 is 0 Å². The minimum Gasteiger partial charge on any atom is -0.440 e. The van der Waals surface area contributed by atoms with E-state index in [-0.39, 0.29) is 0 Å². The van der Waals surface area contributed by atoms with Gasteiger partial charge in [-0.05, 0) is 49.2 Å². The Morgan fingerprint density at radius 3 is 2.08 bits per heavy atom. The third-order valence-electron chi connectivity index (χ3n) is 4.07. The van der Waals surface area contributed by atoms with Crippen molar-refractivity contribution in [3.05, 3.63) is 64.5 Å². The Morgan fingerprint density at radius 1 is 0.846 bits per heavy atom. The number of hydrogen-bond donors (Lipinski definition) is 0. The fraction of sp³-hybridized carbons (Fsp3) is 0.238. The van der Waals surface area contributed by atoms with E-state index >= 15 is 0 Å². The zero-order valence-electron chi connectivity index (χ0n) is 14.2. The van der Waals surface area contributed by atoms with Gasteiger partial charge in [-0.3, -0.25) is 0 Å². The van der Waals surface area contributed by atoms with E-state index in [0.29, 0.717) is 22.4 Å². The van der Waals surface area contributed by atoms with Crippen molar-refractivity contribution in [1.29, 1.82) is 5.26 Å². The van der Waals surface area contributed by atoms with Gasteiger partial charge in [-0.2, -0.15) is 5.26 Å². The van der Waals surface area contributed by atoms with Crippen LogP contribution in [0.1, 0.15) is 31.6 Å². The molecule has 2 aromatic carbocycles. The molecule has 3 rings (SSSR count). The number of unbranched alkanes of at least 4 members (excludes halogenated alkanes) is 3. The smallest absolute Gasteiger partial charge is 0.195 e. The molecule has 0 radical (unpaired) electrons. The SMILES string of the molecule is N#CCCCCCc1nc(-c2ccc(Cl)cc2)c(-c2ccc(Cl)cc2)o1. The summed E-state index contributed by atoms with van der Waals surface area (Å²) in [6, 6.07) is 17.3. The summed E-state index contributed by atoms with van der Waals surface area (Å²) in [5.41, 5.74) is 2.69. The van der Waals surface area contributed by atoms with Crippen LogP contribution in [0, 0.1) is 11.3 Å². The summed E-state index contributed by atoms with van der Waals surface area (Å²) >= 11 is 12.0. The van der Waals surface area contributed by atoms with Crippen LogP contribution in [0.15, 0.2) is 52.9 Å². The quantitative estimate of drug-likeness (QED) is 0.414. The molecule has 1 heterocycles. The van der Waals surface area contributed by atoms with Crippen molar-refractivity contribution in [3.63, 3.8) is 0 Å². The van der Waals surface area contributed by atoms with Crippen LogP contribution in [0.5, 0.6) is 0 Å². The van der Waals surface area contributed by atoms with E-state index in [2.05, 4.69) is 6.07 Å². The van der Waals surface area contributed by atoms with Crippen LogP contribution < -0.4 is 0 Å². The number of nitrogens with zero attached hydrogens (tertiary/aromatic N) is 2. The molecular weight excluding hydrogens is 367 g/mol. The predicted molar refractivity (Wildman–Crippen MR) is 105 cm³/mol. The predicted octanol–water partition coefficient (Wildman–Crippen LogP) is 6.94. The van der Waals surface area contributed by atoms with Crippen molar-refractivity contribution in [2.24, 2.45) is 0 Å². The Hall–Kier alpha value is -2.28. The van der Waals surface area contributed by atoms with E-state index in [0.717, 1.165) is 48.3 Å². The Balaban J connectivity index is 1.88. The normalized spacial score (nSPS) is 10.7. The van der Waals surface area contributed by atoms with Gasteiger partial charge in [0.1, 0.15) is 5.69 Å². The first kappa shape index (κ1) is 18.5. The lowest BCUT2D eigenvalue weighted by Gasteiger charge is -2.02. The Labute approximate surface area is 163 Å². The molecule has 0 N–H and O–H groups in total. The first-order chi connectivity index (χ1) is 12.7. The first-order valence-electron chi connectivity index (χ1n) is 8.56. The van der Waals surface area contributed by atoms with Gasteiger partial charge in [-0.25, -0.2) is 4.98 Å². The zero-order chi connectivity index (χ0) is 18.4. The second-order valence-electron chi connectivity index (χ2n) is 6.02. The number of aryl methyl sites for hydroxylation is 1. The molecule has 3 aromatic rings. The molecule has 0 aliphatic carbocycles. The summed E-state index contributed by atoms with van der Waals surface area (Å²) < 4.78 is 6.08. The maximum Gasteiger partial charge on any atom is 0.195 e. The lowest BCUT2D eigenvalue weighted by molar-refractivity contribution is 0.491. The lowest BCUT2D eigenvalue weighted by Crippen LogP contribution is -1.86. The lowest BCUT2D eigenvalue weighted by atomic mass is 10.1. The highest BCUT2D eigenvalue weighted by molar-refractivity contribution is 6.31. The van der Waals surface area contributed by atoms with Crippen LogP contribution >= 0.6 is 23.2 Å². The van der Waals surface area contributed by atoms with E-state index in [1.807, 2.05) is 48.5 Å². The molecule has 0 spiro atoms. The number of hydrogen-bond acceptors (Lipinski definition) is 3. The maximum atomic E-state index is 8.61. The molecule has 26 heavy (non-hydrogen) atoms. The average Bonchev–Trinajstić information content (AvgIpc) is 3.07. The van der Waals surface area contributed by atoms with Gasteiger partial charge in [0, 0.05) is 34.0 Å². The highest BCUT2D eigenvalue weighted by Crippen LogP contribution is 2.34. The van der Waals surface area contributed by atoms with Crippen molar-refractivity contribution in [1.82, 2.24) is 4.98 Å². The standard InChI is InChI=1S/C21H18Cl2N2O/c22-17-10-6-15(7-11-17)20-21(16-8-12-18(23)13-9-16)26-19(25-20)5-3-1-2-4-14-24/h6-13H,1-5H2. The van der Waals surface area contributed by atoms with E-state index in [1.165, 1.54) is 0 Å². The summed E-state index contributed by atoms with van der Waals surface area (Å²) in [6.45, 7) is 0. The van der Waals surface area contributed by atoms with Crippen molar-refractivity contribution in [2.75, 3.05) is 0 Å². The molecule has 0 bridgehead atoms. The van der Waals surface area contributed by atoms with Gasteiger partial charge in [-0.1, -0.05) is 41.8 Å². The van der Waals surface area contributed by atoms with E-state index < -0.39 is 0 Å². The molecule has 132 valence electrons. The highest BCUT2D eigenvalue weighted by Gasteiger charge is 2.17. The van der Waals surface area contributed by atoms with Crippen LogP contribution in [0.4, 0.5) is 0 Å². The molecule has 0 unspecified atom stereocenters. The number of oxazole rings is 1. The molecule has 0 saturated heterocycles. The summed E-state index contributed by atoms with van der Waals surface area (Å²) in [5, 5.41) is 9.98. The summed E-state index contributed by atoms with van der Waals surface area (Å²) in [5.74, 6) is 1.44. The van der Waals surface area contributed by atoms with E-state index in [9.17, 15) is 0 Å². The Morgan fingerprint density at radius 2 is 1.46 bits per heavy atom. The summed E-state index contributed by atoms with van der Waals surface area (Å²) in [6.07, 6.45) is 4.19. The molecule has 0 aliphatic heterocycles. The number of nitriles is 1. The minimum absolute atomic E-state index is 0.595.